The number of fused-ring (bicyclic) bond motifs is 1. The van der Waals surface area contributed by atoms with Gasteiger partial charge < -0.3 is 4.74 Å². The summed E-state index contributed by atoms with van der Waals surface area (Å²) < 4.78 is 20.7. The van der Waals surface area contributed by atoms with Crippen LogP contribution in [-0.2, 0) is 6.54 Å². The summed E-state index contributed by atoms with van der Waals surface area (Å²) in [5.74, 6) is 0.0142. The minimum absolute atomic E-state index is 0.232. The van der Waals surface area contributed by atoms with Crippen molar-refractivity contribution in [3.8, 4) is 5.75 Å². The van der Waals surface area contributed by atoms with Gasteiger partial charge in [0.25, 0.3) is 5.91 Å². The number of amides is 1. The third kappa shape index (κ3) is 4.88. The van der Waals surface area contributed by atoms with Gasteiger partial charge >= 0.3 is 0 Å². The first-order valence-corrected chi connectivity index (χ1v) is 11.0. The van der Waals surface area contributed by atoms with Gasteiger partial charge in [-0.15, -0.1) is 0 Å². The Hall–Kier alpha value is -3.32. The van der Waals surface area contributed by atoms with Crippen LogP contribution in [0, 0.1) is 5.82 Å². The lowest BCUT2D eigenvalue weighted by atomic mass is 10.1. The summed E-state index contributed by atoms with van der Waals surface area (Å²) >= 11 is 1.29. The van der Waals surface area contributed by atoms with Crippen molar-refractivity contribution in [3.05, 3.63) is 83.9 Å². The number of benzene rings is 2. The van der Waals surface area contributed by atoms with Gasteiger partial charge in [-0.25, -0.2) is 9.37 Å². The fourth-order valence-corrected chi connectivity index (χ4v) is 4.11. The lowest BCUT2D eigenvalue weighted by Gasteiger charge is -2.20. The molecule has 0 atom stereocenters. The first-order chi connectivity index (χ1) is 15.2. The van der Waals surface area contributed by atoms with Gasteiger partial charge in [0, 0.05) is 18.0 Å². The summed E-state index contributed by atoms with van der Waals surface area (Å²) in [6.45, 7) is 2.97. The Morgan fingerprint density at radius 2 is 2.03 bits per heavy atom. The van der Waals surface area contributed by atoms with Crippen molar-refractivity contribution in [3.63, 3.8) is 0 Å². The van der Waals surface area contributed by atoms with Crippen molar-refractivity contribution in [2.24, 2.45) is 0 Å². The predicted molar refractivity (Wildman–Crippen MR) is 121 cm³/mol. The zero-order chi connectivity index (χ0) is 21.6. The topological polar surface area (TPSA) is 55.3 Å². The molecule has 4 aromatic rings. The molecule has 2 aromatic carbocycles. The second kappa shape index (κ2) is 9.66. The van der Waals surface area contributed by atoms with E-state index in [2.05, 4.69) is 16.9 Å². The largest absolute Gasteiger partial charge is 0.494 e. The number of para-hydroxylation sites is 1. The summed E-state index contributed by atoms with van der Waals surface area (Å²) in [6.07, 6.45) is 5.37. The molecule has 0 aliphatic heterocycles. The van der Waals surface area contributed by atoms with Gasteiger partial charge in [0.05, 0.1) is 17.9 Å². The molecular formula is C24H22FN3O2S. The van der Waals surface area contributed by atoms with Crippen LogP contribution in [0.15, 0.2) is 67.0 Å². The number of carbonyl (C=O) groups is 1. The van der Waals surface area contributed by atoms with Gasteiger partial charge in [0.1, 0.15) is 17.1 Å². The standard InChI is InChI=1S/C24H22FN3O2S/c1-2-3-13-30-19-9-4-8-18(14-19)23(29)28(16-17-7-6-12-26-15-17)24-27-22-20(25)10-5-11-21(22)31-24/h4-12,14-15H,2-3,13,16H2,1H3. The molecule has 0 radical (unpaired) electrons. The van der Waals surface area contributed by atoms with E-state index in [1.165, 1.54) is 17.4 Å². The number of nitrogens with zero attached hydrogens (tertiary/aromatic N) is 3. The summed E-state index contributed by atoms with van der Waals surface area (Å²) in [6, 6.07) is 15.7. The molecule has 1 amide bonds. The number of halogens is 1. The Bertz CT molecular complexity index is 1180. The molecule has 0 aliphatic carbocycles. The number of aromatic nitrogens is 2. The fraction of sp³-hybridized carbons (Fsp3) is 0.208. The zero-order valence-electron chi connectivity index (χ0n) is 17.1. The van der Waals surface area contributed by atoms with E-state index < -0.39 is 5.82 Å². The third-order valence-corrected chi connectivity index (χ3v) is 5.79. The van der Waals surface area contributed by atoms with E-state index in [-0.39, 0.29) is 18.0 Å². The van der Waals surface area contributed by atoms with Gasteiger partial charge in [-0.2, -0.15) is 0 Å². The summed E-state index contributed by atoms with van der Waals surface area (Å²) in [5, 5.41) is 0.436. The van der Waals surface area contributed by atoms with Crippen molar-refractivity contribution in [1.82, 2.24) is 9.97 Å². The first-order valence-electron chi connectivity index (χ1n) is 10.1. The SMILES string of the molecule is CCCCOc1cccc(C(=O)N(Cc2cccnc2)c2nc3c(F)cccc3s2)c1. The highest BCUT2D eigenvalue weighted by Crippen LogP contribution is 2.32. The number of hydrogen-bond donors (Lipinski definition) is 0. The molecule has 0 aliphatic rings. The molecule has 31 heavy (non-hydrogen) atoms. The zero-order valence-corrected chi connectivity index (χ0v) is 17.9. The van der Waals surface area contributed by atoms with E-state index in [0.717, 1.165) is 18.4 Å². The fourth-order valence-electron chi connectivity index (χ4n) is 3.13. The van der Waals surface area contributed by atoms with E-state index in [4.69, 9.17) is 4.74 Å². The molecule has 0 spiro atoms. The molecule has 4 rings (SSSR count). The number of thiazole rings is 1. The van der Waals surface area contributed by atoms with Gasteiger partial charge in [-0.05, 0) is 48.4 Å². The molecule has 0 saturated carbocycles. The second-order valence-electron chi connectivity index (χ2n) is 7.07. The summed E-state index contributed by atoms with van der Waals surface area (Å²) in [4.78, 5) is 23.7. The van der Waals surface area contributed by atoms with Gasteiger partial charge in [0.15, 0.2) is 5.13 Å². The van der Waals surface area contributed by atoms with Crippen molar-refractivity contribution in [1.29, 1.82) is 0 Å². The van der Waals surface area contributed by atoms with E-state index in [0.29, 0.717) is 27.8 Å². The molecule has 5 nitrogen and oxygen atoms in total. The minimum Gasteiger partial charge on any atom is -0.494 e. The van der Waals surface area contributed by atoms with Crippen molar-refractivity contribution >= 4 is 32.6 Å². The number of anilines is 1. The Labute approximate surface area is 184 Å². The summed E-state index contributed by atoms with van der Waals surface area (Å²) in [7, 11) is 0. The smallest absolute Gasteiger partial charge is 0.260 e. The molecule has 0 fully saturated rings. The van der Waals surface area contributed by atoms with E-state index in [9.17, 15) is 9.18 Å². The Balaban J connectivity index is 1.69. The Morgan fingerprint density at radius 1 is 1.16 bits per heavy atom. The van der Waals surface area contributed by atoms with Crippen LogP contribution >= 0.6 is 11.3 Å². The predicted octanol–water partition coefficient (Wildman–Crippen LogP) is 5.86. The maximum absolute atomic E-state index is 14.2. The average Bonchev–Trinajstić information content (AvgIpc) is 3.24. The van der Waals surface area contributed by atoms with Gasteiger partial charge in [-0.3, -0.25) is 14.7 Å². The van der Waals surface area contributed by atoms with Crippen LogP contribution in [-0.4, -0.2) is 22.5 Å². The lowest BCUT2D eigenvalue weighted by molar-refractivity contribution is 0.0984. The Morgan fingerprint density at radius 3 is 2.81 bits per heavy atom. The van der Waals surface area contributed by atoms with Crippen LogP contribution in [0.1, 0.15) is 35.7 Å². The monoisotopic (exact) mass is 435 g/mol. The second-order valence-corrected chi connectivity index (χ2v) is 8.07. The first kappa shape index (κ1) is 20.9. The molecule has 0 bridgehead atoms. The van der Waals surface area contributed by atoms with Crippen molar-refractivity contribution < 1.29 is 13.9 Å². The number of hydrogen-bond acceptors (Lipinski definition) is 5. The van der Waals surface area contributed by atoms with E-state index in [1.54, 1.807) is 47.6 Å². The highest BCUT2D eigenvalue weighted by molar-refractivity contribution is 7.22. The molecule has 0 saturated heterocycles. The Kier molecular flexibility index (Phi) is 6.52. The number of unbranched alkanes of at least 4 members (excludes halogenated alkanes) is 1. The number of pyridine rings is 1. The normalized spacial score (nSPS) is 10.9. The quantitative estimate of drug-likeness (QED) is 0.326. The summed E-state index contributed by atoms with van der Waals surface area (Å²) in [5.41, 5.74) is 1.60. The van der Waals surface area contributed by atoms with Crippen LogP contribution in [0.4, 0.5) is 9.52 Å². The van der Waals surface area contributed by atoms with Crippen LogP contribution in [0.2, 0.25) is 0 Å². The van der Waals surface area contributed by atoms with Gasteiger partial charge in [0.2, 0.25) is 0 Å². The number of ether oxygens (including phenoxy) is 1. The highest BCUT2D eigenvalue weighted by atomic mass is 32.1. The molecule has 2 aromatic heterocycles. The minimum atomic E-state index is -0.403. The van der Waals surface area contributed by atoms with E-state index in [1.807, 2.05) is 18.2 Å². The molecule has 7 heteroatoms. The van der Waals surface area contributed by atoms with Crippen LogP contribution < -0.4 is 9.64 Å². The van der Waals surface area contributed by atoms with Crippen molar-refractivity contribution in [2.45, 2.75) is 26.3 Å². The molecular weight excluding hydrogens is 413 g/mol. The average molecular weight is 436 g/mol. The molecule has 0 unspecified atom stereocenters. The molecule has 0 N–H and O–H groups in total. The lowest BCUT2D eigenvalue weighted by Crippen LogP contribution is -2.30. The molecule has 158 valence electrons. The highest BCUT2D eigenvalue weighted by Gasteiger charge is 2.23. The maximum atomic E-state index is 14.2. The van der Waals surface area contributed by atoms with Gasteiger partial charge in [-0.1, -0.05) is 42.9 Å². The van der Waals surface area contributed by atoms with E-state index >= 15 is 0 Å². The number of rotatable bonds is 8. The van der Waals surface area contributed by atoms with Crippen LogP contribution in [0.25, 0.3) is 10.2 Å². The van der Waals surface area contributed by atoms with Crippen LogP contribution in [0.3, 0.4) is 0 Å². The third-order valence-electron chi connectivity index (χ3n) is 4.75. The van der Waals surface area contributed by atoms with Crippen molar-refractivity contribution in [2.75, 3.05) is 11.5 Å². The maximum Gasteiger partial charge on any atom is 0.260 e. The molecule has 2 heterocycles. The number of carbonyl (C=O) groups excluding carboxylic acids is 1. The van der Waals surface area contributed by atoms with Crippen LogP contribution in [0.5, 0.6) is 5.75 Å².